The molecule has 0 aromatic carbocycles. The molecule has 1 N–H and O–H groups in total. The normalized spacial score (nSPS) is 11.5. The Kier molecular flexibility index (Phi) is 7.04. The zero-order valence-electron chi connectivity index (χ0n) is 11.3. The van der Waals surface area contributed by atoms with Crippen LogP contribution >= 0.6 is 11.6 Å². The lowest BCUT2D eigenvalue weighted by Crippen LogP contribution is -2.23. The van der Waals surface area contributed by atoms with Crippen molar-refractivity contribution in [1.29, 1.82) is 0 Å². The molecule has 6 nitrogen and oxygen atoms in total. The lowest BCUT2D eigenvalue weighted by atomic mass is 10.4. The fraction of sp³-hybridized carbons (Fsp3) is 0.583. The van der Waals surface area contributed by atoms with Gasteiger partial charge >= 0.3 is 0 Å². The third-order valence-corrected chi connectivity index (χ3v) is 4.23. The van der Waals surface area contributed by atoms with E-state index in [0.29, 0.717) is 37.6 Å². The first-order valence-electron chi connectivity index (χ1n) is 6.24. The van der Waals surface area contributed by atoms with E-state index in [-0.39, 0.29) is 11.3 Å². The van der Waals surface area contributed by atoms with Gasteiger partial charge in [-0.1, -0.05) is 0 Å². The molecule has 8 heteroatoms. The van der Waals surface area contributed by atoms with Gasteiger partial charge < -0.3 is 9.30 Å². The minimum atomic E-state index is -3.41. The van der Waals surface area contributed by atoms with Crippen LogP contribution in [-0.2, 0) is 21.3 Å². The van der Waals surface area contributed by atoms with E-state index in [4.69, 9.17) is 16.3 Å². The van der Waals surface area contributed by atoms with Crippen LogP contribution in [0, 0.1) is 0 Å². The van der Waals surface area contributed by atoms with Crippen molar-refractivity contribution < 1.29 is 13.2 Å². The second-order valence-electron chi connectivity index (χ2n) is 4.26. The SMILES string of the molecule is COCCn1cc(NS(=O)(=O)CCCCCl)ccc1=O. The molecule has 0 aliphatic heterocycles. The number of hydrogen-bond acceptors (Lipinski definition) is 4. The van der Waals surface area contributed by atoms with Gasteiger partial charge in [-0.15, -0.1) is 11.6 Å². The van der Waals surface area contributed by atoms with Crippen LogP contribution in [0.4, 0.5) is 5.69 Å². The van der Waals surface area contributed by atoms with Crippen molar-refractivity contribution in [2.45, 2.75) is 19.4 Å². The molecule has 1 heterocycles. The maximum atomic E-state index is 11.8. The van der Waals surface area contributed by atoms with Gasteiger partial charge in [0, 0.05) is 31.8 Å². The van der Waals surface area contributed by atoms with Crippen molar-refractivity contribution in [1.82, 2.24) is 4.57 Å². The Morgan fingerprint density at radius 3 is 2.75 bits per heavy atom. The average molecular weight is 323 g/mol. The Bertz CT molecular complexity index is 571. The van der Waals surface area contributed by atoms with E-state index in [1.807, 2.05) is 0 Å². The first-order chi connectivity index (χ1) is 9.48. The van der Waals surface area contributed by atoms with E-state index in [1.165, 1.54) is 30.0 Å². The van der Waals surface area contributed by atoms with Crippen LogP contribution in [-0.4, -0.2) is 38.3 Å². The molecule has 114 valence electrons. The van der Waals surface area contributed by atoms with Crippen LogP contribution in [0.2, 0.25) is 0 Å². The van der Waals surface area contributed by atoms with Crippen molar-refractivity contribution in [2.24, 2.45) is 0 Å². The van der Waals surface area contributed by atoms with Gasteiger partial charge in [0.25, 0.3) is 5.56 Å². The molecule has 0 unspecified atom stereocenters. The average Bonchev–Trinajstić information content (AvgIpc) is 2.39. The van der Waals surface area contributed by atoms with Crippen molar-refractivity contribution in [3.63, 3.8) is 0 Å². The maximum absolute atomic E-state index is 11.8. The molecule has 0 bridgehead atoms. The summed E-state index contributed by atoms with van der Waals surface area (Å²) in [6.45, 7) is 0.753. The zero-order valence-corrected chi connectivity index (χ0v) is 12.9. The van der Waals surface area contributed by atoms with Gasteiger partial charge in [-0.3, -0.25) is 9.52 Å². The van der Waals surface area contributed by atoms with Crippen LogP contribution < -0.4 is 10.3 Å². The summed E-state index contributed by atoms with van der Waals surface area (Å²) in [5, 5.41) is 0. The van der Waals surface area contributed by atoms with E-state index in [0.717, 1.165) is 0 Å². The number of rotatable bonds is 9. The third kappa shape index (κ3) is 5.94. The highest BCUT2D eigenvalue weighted by molar-refractivity contribution is 7.92. The van der Waals surface area contributed by atoms with Gasteiger partial charge in [0.15, 0.2) is 0 Å². The summed E-state index contributed by atoms with van der Waals surface area (Å²) in [6.07, 6.45) is 2.62. The number of hydrogen-bond donors (Lipinski definition) is 1. The molecular weight excluding hydrogens is 304 g/mol. The molecule has 0 fully saturated rings. The minimum absolute atomic E-state index is 0.0108. The Labute approximate surface area is 123 Å². The maximum Gasteiger partial charge on any atom is 0.250 e. The van der Waals surface area contributed by atoms with E-state index in [9.17, 15) is 13.2 Å². The summed E-state index contributed by atoms with van der Waals surface area (Å²) in [5.74, 6) is 0.453. The van der Waals surface area contributed by atoms with Gasteiger partial charge in [0.05, 0.1) is 18.0 Å². The second-order valence-corrected chi connectivity index (χ2v) is 6.48. The number of pyridine rings is 1. The summed E-state index contributed by atoms with van der Waals surface area (Å²) in [5.41, 5.74) is 0.165. The number of ether oxygens (including phenoxy) is 1. The first-order valence-corrected chi connectivity index (χ1v) is 8.43. The molecule has 1 rings (SSSR count). The molecule has 0 amide bonds. The summed E-state index contributed by atoms with van der Waals surface area (Å²) in [4.78, 5) is 11.6. The summed E-state index contributed by atoms with van der Waals surface area (Å²) < 4.78 is 32.4. The van der Waals surface area contributed by atoms with Crippen molar-refractivity contribution in [3.8, 4) is 0 Å². The Morgan fingerprint density at radius 1 is 1.35 bits per heavy atom. The number of unbranched alkanes of at least 4 members (excludes halogenated alkanes) is 1. The number of alkyl halides is 1. The number of anilines is 1. The summed E-state index contributed by atoms with van der Waals surface area (Å²) in [6, 6.07) is 2.77. The molecule has 20 heavy (non-hydrogen) atoms. The van der Waals surface area contributed by atoms with Crippen LogP contribution in [0.5, 0.6) is 0 Å². The van der Waals surface area contributed by atoms with Crippen LogP contribution in [0.25, 0.3) is 0 Å². The predicted molar refractivity (Wildman–Crippen MR) is 79.9 cm³/mol. The molecule has 1 aromatic heterocycles. The molecule has 0 spiro atoms. The van der Waals surface area contributed by atoms with Crippen LogP contribution in [0.1, 0.15) is 12.8 Å². The van der Waals surface area contributed by atoms with E-state index in [2.05, 4.69) is 4.72 Å². The van der Waals surface area contributed by atoms with E-state index >= 15 is 0 Å². The number of aromatic nitrogens is 1. The molecule has 0 atom stereocenters. The Balaban J connectivity index is 2.74. The van der Waals surface area contributed by atoms with E-state index in [1.54, 1.807) is 0 Å². The predicted octanol–water partition coefficient (Wildman–Crippen LogP) is 1.26. The molecule has 0 aliphatic carbocycles. The highest BCUT2D eigenvalue weighted by Crippen LogP contribution is 2.08. The third-order valence-electron chi connectivity index (χ3n) is 2.59. The Hall–Kier alpha value is -1.05. The van der Waals surface area contributed by atoms with E-state index < -0.39 is 10.0 Å². The number of nitrogens with zero attached hydrogens (tertiary/aromatic N) is 1. The molecule has 0 radical (unpaired) electrons. The highest BCUT2D eigenvalue weighted by atomic mass is 35.5. The summed E-state index contributed by atoms with van der Waals surface area (Å²) >= 11 is 5.51. The standard InChI is InChI=1S/C12H19ClN2O4S/c1-19-8-7-15-10-11(4-5-12(15)16)14-20(17,18)9-3-2-6-13/h4-5,10,14H,2-3,6-9H2,1H3. The fourth-order valence-electron chi connectivity index (χ4n) is 1.57. The zero-order chi connectivity index (χ0) is 15.0. The highest BCUT2D eigenvalue weighted by Gasteiger charge is 2.10. The molecule has 0 aliphatic rings. The van der Waals surface area contributed by atoms with Crippen LogP contribution in [0.3, 0.4) is 0 Å². The molecule has 0 saturated carbocycles. The molecular formula is C12H19ClN2O4S. The quantitative estimate of drug-likeness (QED) is 0.548. The van der Waals surface area contributed by atoms with Crippen LogP contribution in [0.15, 0.2) is 23.1 Å². The smallest absolute Gasteiger partial charge is 0.250 e. The second kappa shape index (κ2) is 8.28. The van der Waals surface area contributed by atoms with Crippen molar-refractivity contribution >= 4 is 27.3 Å². The van der Waals surface area contributed by atoms with Crippen molar-refractivity contribution in [2.75, 3.05) is 30.1 Å². The summed E-state index contributed by atoms with van der Waals surface area (Å²) in [7, 11) is -1.88. The molecule has 1 aromatic rings. The first kappa shape index (κ1) is 17.0. The Morgan fingerprint density at radius 2 is 2.10 bits per heavy atom. The van der Waals surface area contributed by atoms with Gasteiger partial charge in [-0.2, -0.15) is 0 Å². The monoisotopic (exact) mass is 322 g/mol. The number of methoxy groups -OCH3 is 1. The minimum Gasteiger partial charge on any atom is -0.383 e. The fourth-order valence-corrected chi connectivity index (χ4v) is 2.93. The number of halogens is 1. The molecule has 0 saturated heterocycles. The lowest BCUT2D eigenvalue weighted by Gasteiger charge is -2.10. The largest absolute Gasteiger partial charge is 0.383 e. The van der Waals surface area contributed by atoms with Gasteiger partial charge in [0.1, 0.15) is 0 Å². The van der Waals surface area contributed by atoms with Gasteiger partial charge in [-0.25, -0.2) is 8.42 Å². The lowest BCUT2D eigenvalue weighted by molar-refractivity contribution is 0.186. The van der Waals surface area contributed by atoms with Crippen molar-refractivity contribution in [3.05, 3.63) is 28.7 Å². The van der Waals surface area contributed by atoms with Gasteiger partial charge in [-0.05, 0) is 18.9 Å². The topological polar surface area (TPSA) is 77.4 Å². The number of sulfonamides is 1. The van der Waals surface area contributed by atoms with Gasteiger partial charge in [0.2, 0.25) is 10.0 Å². The number of nitrogens with one attached hydrogen (secondary N) is 1.